The molecule has 0 radical (unpaired) electrons. The molecular formula is C26H34N4O4. The maximum atomic E-state index is 12.7. The molecule has 0 aliphatic rings. The first-order chi connectivity index (χ1) is 16.2. The molecular weight excluding hydrogens is 432 g/mol. The Labute approximate surface area is 200 Å². The number of carbonyl (C=O) groups is 2. The molecule has 0 spiro atoms. The highest BCUT2D eigenvalue weighted by Crippen LogP contribution is 2.33. The van der Waals surface area contributed by atoms with Crippen LogP contribution >= 0.6 is 0 Å². The molecule has 3 rings (SSSR count). The standard InChI is InChI=1S/C26H34N4O4/c1-15(2)10-11-30-24(26(32)34-7)23(29-18(5)31)21-12-20(14-28-25(21)30)27-13-19-8-9-22(33-6)17(4)16(19)3/h8-9,12,14-15,27H,10-11,13H2,1-7H3,(H,29,31). The third kappa shape index (κ3) is 5.16. The number of benzene rings is 1. The summed E-state index contributed by atoms with van der Waals surface area (Å²) in [7, 11) is 3.01. The molecule has 0 aliphatic heterocycles. The maximum absolute atomic E-state index is 12.7. The highest BCUT2D eigenvalue weighted by atomic mass is 16.5. The predicted molar refractivity (Wildman–Crippen MR) is 135 cm³/mol. The Bertz CT molecular complexity index is 1210. The summed E-state index contributed by atoms with van der Waals surface area (Å²) in [5, 5.41) is 6.93. The first-order valence-corrected chi connectivity index (χ1v) is 11.4. The fourth-order valence-electron chi connectivity index (χ4n) is 4.00. The summed E-state index contributed by atoms with van der Waals surface area (Å²) in [4.78, 5) is 29.4. The average Bonchev–Trinajstić information content (AvgIpc) is 3.10. The monoisotopic (exact) mass is 466 g/mol. The van der Waals surface area contributed by atoms with E-state index in [-0.39, 0.29) is 5.91 Å². The van der Waals surface area contributed by atoms with Crippen molar-refractivity contribution in [2.24, 2.45) is 5.92 Å². The van der Waals surface area contributed by atoms with Gasteiger partial charge in [-0.15, -0.1) is 0 Å². The van der Waals surface area contributed by atoms with Gasteiger partial charge in [0.25, 0.3) is 0 Å². The van der Waals surface area contributed by atoms with Crippen LogP contribution in [0.1, 0.15) is 54.4 Å². The zero-order valence-corrected chi connectivity index (χ0v) is 21.0. The average molecular weight is 467 g/mol. The number of nitrogens with one attached hydrogen (secondary N) is 2. The Morgan fingerprint density at radius 2 is 1.88 bits per heavy atom. The molecule has 0 bridgehead atoms. The van der Waals surface area contributed by atoms with E-state index in [4.69, 9.17) is 9.47 Å². The van der Waals surface area contributed by atoms with E-state index in [0.717, 1.165) is 34.5 Å². The topological polar surface area (TPSA) is 94.5 Å². The van der Waals surface area contributed by atoms with Gasteiger partial charge in [-0.25, -0.2) is 9.78 Å². The molecule has 0 saturated carbocycles. The van der Waals surface area contributed by atoms with Gasteiger partial charge in [0, 0.05) is 25.4 Å². The third-order valence-electron chi connectivity index (χ3n) is 6.06. The van der Waals surface area contributed by atoms with Crippen LogP contribution in [0.4, 0.5) is 11.4 Å². The van der Waals surface area contributed by atoms with Gasteiger partial charge in [0.2, 0.25) is 5.91 Å². The molecule has 8 nitrogen and oxygen atoms in total. The predicted octanol–water partition coefficient (Wildman–Crippen LogP) is 5.06. The largest absolute Gasteiger partial charge is 0.496 e. The number of fused-ring (bicyclic) bond motifs is 1. The number of esters is 1. The van der Waals surface area contributed by atoms with Crippen LogP contribution in [-0.4, -0.2) is 35.6 Å². The minimum atomic E-state index is -0.510. The Kier molecular flexibility index (Phi) is 7.81. The number of rotatable bonds is 9. The number of hydrogen-bond donors (Lipinski definition) is 2. The summed E-state index contributed by atoms with van der Waals surface area (Å²) in [6.45, 7) is 11.0. The molecule has 0 unspecified atom stereocenters. The molecule has 182 valence electrons. The molecule has 1 aromatic carbocycles. The van der Waals surface area contributed by atoms with E-state index in [2.05, 4.69) is 36.4 Å². The number of anilines is 2. The Balaban J connectivity index is 2.03. The first kappa shape index (κ1) is 25.1. The van der Waals surface area contributed by atoms with Gasteiger partial charge in [0.15, 0.2) is 5.69 Å². The highest BCUT2D eigenvalue weighted by Gasteiger charge is 2.25. The number of hydrogen-bond acceptors (Lipinski definition) is 6. The number of pyridine rings is 1. The Hall–Kier alpha value is -3.55. The minimum Gasteiger partial charge on any atom is -0.496 e. The second kappa shape index (κ2) is 10.6. The van der Waals surface area contributed by atoms with Crippen molar-refractivity contribution in [2.45, 2.75) is 54.1 Å². The number of carbonyl (C=O) groups excluding carboxylic acids is 2. The summed E-state index contributed by atoms with van der Waals surface area (Å²) in [5.74, 6) is 0.520. The molecule has 0 aliphatic carbocycles. The third-order valence-corrected chi connectivity index (χ3v) is 6.06. The number of amides is 1. The smallest absolute Gasteiger partial charge is 0.356 e. The number of nitrogens with zero attached hydrogens (tertiary/aromatic N) is 2. The lowest BCUT2D eigenvalue weighted by Gasteiger charge is -2.14. The lowest BCUT2D eigenvalue weighted by atomic mass is 10.0. The van der Waals surface area contributed by atoms with Crippen LogP contribution in [0.2, 0.25) is 0 Å². The van der Waals surface area contributed by atoms with Gasteiger partial charge in [-0.2, -0.15) is 0 Å². The van der Waals surface area contributed by atoms with E-state index >= 15 is 0 Å². The summed E-state index contributed by atoms with van der Waals surface area (Å²) >= 11 is 0. The summed E-state index contributed by atoms with van der Waals surface area (Å²) < 4.78 is 12.3. The molecule has 1 amide bonds. The molecule has 0 saturated heterocycles. The van der Waals surface area contributed by atoms with Gasteiger partial charge < -0.3 is 24.7 Å². The van der Waals surface area contributed by atoms with Gasteiger partial charge in [-0.05, 0) is 55.0 Å². The van der Waals surface area contributed by atoms with Crippen molar-refractivity contribution in [3.63, 3.8) is 0 Å². The van der Waals surface area contributed by atoms with E-state index in [0.29, 0.717) is 41.4 Å². The van der Waals surface area contributed by atoms with Gasteiger partial charge in [-0.1, -0.05) is 19.9 Å². The fraction of sp³-hybridized carbons (Fsp3) is 0.423. The SMILES string of the molecule is COC(=O)c1c(NC(C)=O)c2cc(NCc3ccc(OC)c(C)c3C)cnc2n1CCC(C)C. The molecule has 2 N–H and O–H groups in total. The van der Waals surface area contributed by atoms with E-state index in [1.165, 1.54) is 14.0 Å². The normalized spacial score (nSPS) is 11.1. The van der Waals surface area contributed by atoms with Gasteiger partial charge in [0.1, 0.15) is 11.4 Å². The number of ether oxygens (including phenoxy) is 2. The van der Waals surface area contributed by atoms with Gasteiger partial charge in [-0.3, -0.25) is 4.79 Å². The number of methoxy groups -OCH3 is 2. The second-order valence-electron chi connectivity index (χ2n) is 8.86. The van der Waals surface area contributed by atoms with Crippen molar-refractivity contribution in [3.8, 4) is 5.75 Å². The summed E-state index contributed by atoms with van der Waals surface area (Å²) in [5.41, 5.74) is 5.55. The van der Waals surface area contributed by atoms with E-state index in [1.807, 2.05) is 29.7 Å². The van der Waals surface area contributed by atoms with Crippen LogP contribution in [0.5, 0.6) is 5.75 Å². The minimum absolute atomic E-state index is 0.268. The highest BCUT2D eigenvalue weighted by molar-refractivity contribution is 6.10. The van der Waals surface area contributed by atoms with Crippen molar-refractivity contribution in [1.82, 2.24) is 9.55 Å². The lowest BCUT2D eigenvalue weighted by Crippen LogP contribution is -2.16. The Morgan fingerprint density at radius 3 is 2.50 bits per heavy atom. The Morgan fingerprint density at radius 1 is 1.15 bits per heavy atom. The van der Waals surface area contributed by atoms with Crippen molar-refractivity contribution in [3.05, 3.63) is 46.8 Å². The summed E-state index contributed by atoms with van der Waals surface area (Å²) in [6, 6.07) is 5.92. The maximum Gasteiger partial charge on any atom is 0.356 e. The van der Waals surface area contributed by atoms with Crippen LogP contribution in [0.15, 0.2) is 24.4 Å². The fourth-order valence-corrected chi connectivity index (χ4v) is 4.00. The van der Waals surface area contributed by atoms with Gasteiger partial charge in [0.05, 0.1) is 31.8 Å². The van der Waals surface area contributed by atoms with Crippen molar-refractivity contribution < 1.29 is 19.1 Å². The molecule has 2 heterocycles. The zero-order chi connectivity index (χ0) is 25.0. The van der Waals surface area contributed by atoms with Crippen molar-refractivity contribution in [2.75, 3.05) is 24.9 Å². The molecule has 0 atom stereocenters. The van der Waals surface area contributed by atoms with Crippen LogP contribution in [0.25, 0.3) is 11.0 Å². The molecule has 3 aromatic rings. The van der Waals surface area contributed by atoms with Crippen molar-refractivity contribution >= 4 is 34.3 Å². The number of aryl methyl sites for hydroxylation is 1. The molecule has 8 heteroatoms. The van der Waals surface area contributed by atoms with Crippen molar-refractivity contribution in [1.29, 1.82) is 0 Å². The van der Waals surface area contributed by atoms with Gasteiger partial charge >= 0.3 is 5.97 Å². The van der Waals surface area contributed by atoms with Crippen LogP contribution in [0.3, 0.4) is 0 Å². The van der Waals surface area contributed by atoms with Crippen LogP contribution < -0.4 is 15.4 Å². The quantitative estimate of drug-likeness (QED) is 0.428. The molecule has 0 fully saturated rings. The van der Waals surface area contributed by atoms with E-state index in [1.54, 1.807) is 13.3 Å². The number of aromatic nitrogens is 2. The lowest BCUT2D eigenvalue weighted by molar-refractivity contribution is -0.114. The molecule has 34 heavy (non-hydrogen) atoms. The van der Waals surface area contributed by atoms with E-state index in [9.17, 15) is 9.59 Å². The second-order valence-corrected chi connectivity index (χ2v) is 8.86. The van der Waals surface area contributed by atoms with E-state index < -0.39 is 5.97 Å². The summed E-state index contributed by atoms with van der Waals surface area (Å²) in [6.07, 6.45) is 2.60. The first-order valence-electron chi connectivity index (χ1n) is 11.4. The zero-order valence-electron chi connectivity index (χ0n) is 21.0. The molecule has 2 aromatic heterocycles. The van der Waals surface area contributed by atoms with Crippen LogP contribution in [-0.2, 0) is 22.6 Å². The van der Waals surface area contributed by atoms with Crippen LogP contribution in [0, 0.1) is 19.8 Å².